The van der Waals surface area contributed by atoms with Gasteiger partial charge in [-0.1, -0.05) is 42.5 Å². The molecule has 3 N–H and O–H groups in total. The van der Waals surface area contributed by atoms with Crippen LogP contribution in [-0.2, 0) is 4.79 Å². The Hall–Kier alpha value is -1.87. The van der Waals surface area contributed by atoms with Gasteiger partial charge in [0.05, 0.1) is 0 Å². The zero-order valence-corrected chi connectivity index (χ0v) is 16.3. The first-order valence-electron chi connectivity index (χ1n) is 10.7. The Labute approximate surface area is 161 Å². The summed E-state index contributed by atoms with van der Waals surface area (Å²) in [6.07, 6.45) is 7.93. The second kappa shape index (κ2) is 6.63. The molecule has 0 saturated heterocycles. The molecule has 0 unspecified atom stereocenters. The van der Waals surface area contributed by atoms with Crippen molar-refractivity contribution in [1.82, 2.24) is 5.32 Å². The molecule has 1 atom stereocenters. The van der Waals surface area contributed by atoms with E-state index in [0.717, 1.165) is 17.8 Å². The predicted octanol–water partition coefficient (Wildman–Crippen LogP) is 3.55. The normalized spacial score (nSPS) is 32.6. The van der Waals surface area contributed by atoms with Crippen LogP contribution in [0.25, 0.3) is 10.8 Å². The van der Waals surface area contributed by atoms with E-state index in [4.69, 9.17) is 0 Å². The number of nitrogens with two attached hydrogens (primary N) is 1. The van der Waals surface area contributed by atoms with Crippen LogP contribution < -0.4 is 10.6 Å². The van der Waals surface area contributed by atoms with Crippen LogP contribution in [-0.4, -0.2) is 18.0 Å². The molecular weight excluding hydrogens is 332 g/mol. The molecule has 2 aromatic rings. The lowest BCUT2D eigenvalue weighted by molar-refractivity contribution is -0.682. The molecule has 0 aromatic heterocycles. The summed E-state index contributed by atoms with van der Waals surface area (Å²) in [6.45, 7) is 2.73. The van der Waals surface area contributed by atoms with Crippen LogP contribution in [0.2, 0.25) is 0 Å². The maximum atomic E-state index is 12.8. The summed E-state index contributed by atoms with van der Waals surface area (Å²) < 4.78 is 0. The first kappa shape index (κ1) is 17.2. The summed E-state index contributed by atoms with van der Waals surface area (Å²) in [7, 11) is 0. The van der Waals surface area contributed by atoms with E-state index < -0.39 is 0 Å². The molecule has 0 radical (unpaired) electrons. The van der Waals surface area contributed by atoms with Crippen molar-refractivity contribution in [3.63, 3.8) is 0 Å². The zero-order valence-electron chi connectivity index (χ0n) is 16.3. The van der Waals surface area contributed by atoms with E-state index in [2.05, 4.69) is 60.0 Å². The smallest absolute Gasteiger partial charge is 0.275 e. The van der Waals surface area contributed by atoms with E-state index >= 15 is 0 Å². The molecule has 6 rings (SSSR count). The molecule has 0 aliphatic heterocycles. The van der Waals surface area contributed by atoms with E-state index in [9.17, 15) is 4.79 Å². The summed E-state index contributed by atoms with van der Waals surface area (Å²) in [4.78, 5) is 12.8. The molecule has 2 aromatic carbocycles. The lowest BCUT2D eigenvalue weighted by Gasteiger charge is -2.56. The van der Waals surface area contributed by atoms with Gasteiger partial charge in [0.2, 0.25) is 0 Å². The van der Waals surface area contributed by atoms with Crippen LogP contribution >= 0.6 is 0 Å². The van der Waals surface area contributed by atoms with Gasteiger partial charge in [-0.15, -0.1) is 0 Å². The summed E-state index contributed by atoms with van der Waals surface area (Å²) >= 11 is 0. The number of fused-ring (bicyclic) bond motifs is 1. The van der Waals surface area contributed by atoms with Crippen molar-refractivity contribution in [3.8, 4) is 0 Å². The molecule has 3 heteroatoms. The van der Waals surface area contributed by atoms with Crippen LogP contribution in [0.5, 0.6) is 0 Å². The Morgan fingerprint density at radius 2 is 1.67 bits per heavy atom. The van der Waals surface area contributed by atoms with Crippen LogP contribution in [0.15, 0.2) is 42.5 Å². The molecule has 142 valence electrons. The maximum Gasteiger partial charge on any atom is 0.275 e. The number of carbonyl (C=O) groups excluding carboxylic acids is 1. The van der Waals surface area contributed by atoms with Crippen molar-refractivity contribution >= 4 is 16.7 Å². The van der Waals surface area contributed by atoms with E-state index in [0.29, 0.717) is 6.54 Å². The van der Waals surface area contributed by atoms with Crippen LogP contribution in [0, 0.1) is 17.8 Å². The SMILES string of the molecule is C[C@H]([NH2+]CC(=O)NC12CC3CC(CC(C3)C1)C2)c1cccc2ccccc12. The number of carbonyl (C=O) groups is 1. The topological polar surface area (TPSA) is 45.7 Å². The van der Waals surface area contributed by atoms with Gasteiger partial charge in [0.15, 0.2) is 6.54 Å². The summed E-state index contributed by atoms with van der Waals surface area (Å²) in [6, 6.07) is 15.3. The molecule has 4 aliphatic carbocycles. The lowest BCUT2D eigenvalue weighted by Crippen LogP contribution is -2.87. The minimum Gasteiger partial charge on any atom is -0.346 e. The molecule has 0 heterocycles. The highest BCUT2D eigenvalue weighted by molar-refractivity contribution is 5.86. The number of quaternary nitrogens is 1. The Bertz CT molecular complexity index is 818. The molecule has 4 fully saturated rings. The van der Waals surface area contributed by atoms with Crippen molar-refractivity contribution in [3.05, 3.63) is 48.0 Å². The van der Waals surface area contributed by atoms with Gasteiger partial charge in [-0.25, -0.2) is 0 Å². The zero-order chi connectivity index (χ0) is 18.4. The van der Waals surface area contributed by atoms with Crippen molar-refractivity contribution in [2.45, 2.75) is 57.0 Å². The minimum absolute atomic E-state index is 0.127. The summed E-state index contributed by atoms with van der Waals surface area (Å²) in [5, 5.41) is 8.26. The molecule has 3 nitrogen and oxygen atoms in total. The van der Waals surface area contributed by atoms with Gasteiger partial charge in [-0.05, 0) is 74.0 Å². The number of benzene rings is 2. The van der Waals surface area contributed by atoms with Gasteiger partial charge >= 0.3 is 0 Å². The molecule has 4 bridgehead atoms. The van der Waals surface area contributed by atoms with Gasteiger partial charge in [0.1, 0.15) is 6.04 Å². The predicted molar refractivity (Wildman–Crippen MR) is 108 cm³/mol. The Balaban J connectivity index is 1.23. The van der Waals surface area contributed by atoms with Gasteiger partial charge in [-0.2, -0.15) is 0 Å². The second-order valence-electron chi connectivity index (χ2n) is 9.54. The quantitative estimate of drug-likeness (QED) is 0.838. The summed E-state index contributed by atoms with van der Waals surface area (Å²) in [5.41, 5.74) is 1.44. The van der Waals surface area contributed by atoms with Crippen molar-refractivity contribution in [1.29, 1.82) is 0 Å². The largest absolute Gasteiger partial charge is 0.346 e. The second-order valence-corrected chi connectivity index (χ2v) is 9.54. The van der Waals surface area contributed by atoms with E-state index in [-0.39, 0.29) is 17.5 Å². The van der Waals surface area contributed by atoms with Crippen LogP contribution in [0.1, 0.15) is 57.1 Å². The van der Waals surface area contributed by atoms with Crippen molar-refractivity contribution < 1.29 is 10.1 Å². The molecular formula is C24H31N2O+. The average Bonchev–Trinajstić information content (AvgIpc) is 2.64. The highest BCUT2D eigenvalue weighted by Gasteiger charge is 2.51. The first-order chi connectivity index (χ1) is 13.1. The standard InChI is InChI=1S/C24H30N2O/c1-16(21-8-4-6-20-5-2-3-7-22(20)21)25-15-23(27)26-24-12-17-9-18(13-24)11-19(10-17)14-24/h2-8,16-19,25H,9-15H2,1H3,(H,26,27)/p+1/t16-,17?,18?,19?,24?/m0/s1. The summed E-state index contributed by atoms with van der Waals surface area (Å²) in [5.74, 6) is 2.84. The number of nitrogens with one attached hydrogen (secondary N) is 1. The number of amides is 1. The Morgan fingerprint density at radius 3 is 2.37 bits per heavy atom. The van der Waals surface area contributed by atoms with Gasteiger partial charge in [0, 0.05) is 11.1 Å². The fourth-order valence-corrected chi connectivity index (χ4v) is 6.67. The van der Waals surface area contributed by atoms with Gasteiger partial charge < -0.3 is 10.6 Å². The molecule has 4 saturated carbocycles. The molecule has 1 amide bonds. The van der Waals surface area contributed by atoms with Gasteiger partial charge in [0.25, 0.3) is 5.91 Å². The Kier molecular flexibility index (Phi) is 4.23. The highest BCUT2D eigenvalue weighted by Crippen LogP contribution is 2.55. The van der Waals surface area contributed by atoms with Gasteiger partial charge in [-0.3, -0.25) is 4.79 Å². The number of hydrogen-bond donors (Lipinski definition) is 2. The Morgan fingerprint density at radius 1 is 1.04 bits per heavy atom. The highest BCUT2D eigenvalue weighted by atomic mass is 16.2. The van der Waals surface area contributed by atoms with Crippen LogP contribution in [0.4, 0.5) is 0 Å². The monoisotopic (exact) mass is 363 g/mol. The van der Waals surface area contributed by atoms with Crippen LogP contribution in [0.3, 0.4) is 0 Å². The third-order valence-electron chi connectivity index (χ3n) is 7.41. The maximum absolute atomic E-state index is 12.8. The number of rotatable bonds is 5. The molecule has 27 heavy (non-hydrogen) atoms. The third-order valence-corrected chi connectivity index (χ3v) is 7.41. The van der Waals surface area contributed by atoms with Crippen molar-refractivity contribution in [2.75, 3.05) is 6.54 Å². The average molecular weight is 364 g/mol. The number of hydrogen-bond acceptors (Lipinski definition) is 1. The first-order valence-corrected chi connectivity index (χ1v) is 10.7. The van der Waals surface area contributed by atoms with E-state index in [1.807, 2.05) is 0 Å². The molecule has 4 aliphatic rings. The van der Waals surface area contributed by atoms with E-state index in [1.54, 1.807) is 0 Å². The fourth-order valence-electron chi connectivity index (χ4n) is 6.67. The molecule has 0 spiro atoms. The van der Waals surface area contributed by atoms with E-state index in [1.165, 1.54) is 54.9 Å². The third kappa shape index (κ3) is 3.27. The lowest BCUT2D eigenvalue weighted by atomic mass is 9.53. The fraction of sp³-hybridized carbons (Fsp3) is 0.542. The minimum atomic E-state index is 0.127. The van der Waals surface area contributed by atoms with Crippen molar-refractivity contribution in [2.24, 2.45) is 17.8 Å².